The minimum Gasteiger partial charge on any atom is -0.504 e. The van der Waals surface area contributed by atoms with E-state index in [-0.39, 0.29) is 11.5 Å². The SMILES string of the molecule is COc1c(O)cc(Br)c(CC(C)(C)N)c1F. The Hall–Kier alpha value is -0.810. The lowest BCUT2D eigenvalue weighted by atomic mass is 9.95. The van der Waals surface area contributed by atoms with Gasteiger partial charge in [-0.2, -0.15) is 0 Å². The lowest BCUT2D eigenvalue weighted by Gasteiger charge is -2.20. The van der Waals surface area contributed by atoms with E-state index in [1.54, 1.807) is 13.8 Å². The first kappa shape index (κ1) is 13.3. The van der Waals surface area contributed by atoms with Crippen molar-refractivity contribution in [1.82, 2.24) is 0 Å². The van der Waals surface area contributed by atoms with Gasteiger partial charge < -0.3 is 15.6 Å². The minimum atomic E-state index is -0.576. The first-order valence-corrected chi connectivity index (χ1v) is 5.58. The van der Waals surface area contributed by atoms with Crippen LogP contribution in [0.5, 0.6) is 11.5 Å². The Morgan fingerprint density at radius 1 is 1.56 bits per heavy atom. The van der Waals surface area contributed by atoms with Crippen LogP contribution in [-0.2, 0) is 6.42 Å². The lowest BCUT2D eigenvalue weighted by Crippen LogP contribution is -2.34. The molecule has 16 heavy (non-hydrogen) atoms. The van der Waals surface area contributed by atoms with Gasteiger partial charge >= 0.3 is 0 Å². The summed E-state index contributed by atoms with van der Waals surface area (Å²) in [4.78, 5) is 0. The molecule has 0 saturated carbocycles. The van der Waals surface area contributed by atoms with Crippen LogP contribution in [0.3, 0.4) is 0 Å². The number of phenols is 1. The molecular weight excluding hydrogens is 277 g/mol. The number of ether oxygens (including phenoxy) is 1. The summed E-state index contributed by atoms with van der Waals surface area (Å²) in [5.41, 5.74) is 5.71. The van der Waals surface area contributed by atoms with Gasteiger partial charge in [-0.25, -0.2) is 4.39 Å². The van der Waals surface area contributed by atoms with Gasteiger partial charge in [0.05, 0.1) is 7.11 Å². The smallest absolute Gasteiger partial charge is 0.196 e. The predicted molar refractivity (Wildman–Crippen MR) is 64.3 cm³/mol. The Bertz CT molecular complexity index is 402. The molecule has 5 heteroatoms. The molecule has 0 saturated heterocycles. The van der Waals surface area contributed by atoms with Crippen molar-refractivity contribution in [2.45, 2.75) is 25.8 Å². The second-order valence-electron chi connectivity index (χ2n) is 4.37. The molecule has 3 N–H and O–H groups in total. The van der Waals surface area contributed by atoms with Gasteiger partial charge in [0.15, 0.2) is 17.3 Å². The molecule has 0 aliphatic carbocycles. The summed E-state index contributed by atoms with van der Waals surface area (Å²) in [5.74, 6) is -0.958. The number of hydrogen-bond acceptors (Lipinski definition) is 3. The van der Waals surface area contributed by atoms with Crippen molar-refractivity contribution >= 4 is 15.9 Å². The number of aromatic hydroxyl groups is 1. The number of benzene rings is 1. The Balaban J connectivity index is 3.28. The zero-order chi connectivity index (χ0) is 12.5. The maximum absolute atomic E-state index is 14.0. The second kappa shape index (κ2) is 4.59. The molecule has 90 valence electrons. The van der Waals surface area contributed by atoms with Gasteiger partial charge in [-0.05, 0) is 26.3 Å². The molecular formula is C11H15BrFNO2. The molecule has 0 aliphatic rings. The Labute approximate surface area is 103 Å². The first-order valence-electron chi connectivity index (χ1n) is 4.79. The lowest BCUT2D eigenvalue weighted by molar-refractivity contribution is 0.347. The van der Waals surface area contributed by atoms with E-state index in [0.29, 0.717) is 16.5 Å². The third kappa shape index (κ3) is 2.86. The van der Waals surface area contributed by atoms with Crippen LogP contribution in [0.1, 0.15) is 19.4 Å². The number of phenolic OH excluding ortho intramolecular Hbond substituents is 1. The highest BCUT2D eigenvalue weighted by Crippen LogP contribution is 2.37. The summed E-state index contributed by atoms with van der Waals surface area (Å²) < 4.78 is 19.2. The quantitative estimate of drug-likeness (QED) is 0.900. The third-order valence-corrected chi connectivity index (χ3v) is 2.79. The van der Waals surface area contributed by atoms with E-state index in [2.05, 4.69) is 15.9 Å². The molecule has 3 nitrogen and oxygen atoms in total. The number of methoxy groups -OCH3 is 1. The fraction of sp³-hybridized carbons (Fsp3) is 0.455. The highest BCUT2D eigenvalue weighted by molar-refractivity contribution is 9.10. The average Bonchev–Trinajstić information content (AvgIpc) is 2.11. The highest BCUT2D eigenvalue weighted by atomic mass is 79.9. The standard InChI is InChI=1S/C11H15BrFNO2/c1-11(2,14)5-6-7(12)4-8(15)10(16-3)9(6)13/h4,15H,5,14H2,1-3H3. The van der Waals surface area contributed by atoms with Crippen molar-refractivity contribution in [2.24, 2.45) is 5.73 Å². The summed E-state index contributed by atoms with van der Waals surface area (Å²) in [6.07, 6.45) is 0.343. The van der Waals surface area contributed by atoms with E-state index in [0.717, 1.165) is 0 Å². The zero-order valence-corrected chi connectivity index (χ0v) is 11.1. The van der Waals surface area contributed by atoms with Gasteiger partial charge in [-0.3, -0.25) is 0 Å². The van der Waals surface area contributed by atoms with Gasteiger partial charge in [0.1, 0.15) is 0 Å². The monoisotopic (exact) mass is 291 g/mol. The summed E-state index contributed by atoms with van der Waals surface area (Å²) in [5, 5.41) is 9.47. The predicted octanol–water partition coefficient (Wildman–Crippen LogP) is 2.58. The van der Waals surface area contributed by atoms with Crippen LogP contribution in [0.25, 0.3) is 0 Å². The normalized spacial score (nSPS) is 11.6. The zero-order valence-electron chi connectivity index (χ0n) is 9.47. The summed E-state index contributed by atoms with van der Waals surface area (Å²) in [6, 6.07) is 1.41. The van der Waals surface area contributed by atoms with E-state index in [9.17, 15) is 9.50 Å². The molecule has 0 aromatic heterocycles. The summed E-state index contributed by atoms with van der Waals surface area (Å²) >= 11 is 3.20. The molecule has 0 bridgehead atoms. The van der Waals surface area contributed by atoms with Gasteiger partial charge in [0.25, 0.3) is 0 Å². The molecule has 0 atom stereocenters. The molecule has 0 heterocycles. The van der Waals surface area contributed by atoms with Crippen LogP contribution in [0.15, 0.2) is 10.5 Å². The van der Waals surface area contributed by atoms with Crippen LogP contribution in [0.2, 0.25) is 0 Å². The molecule has 1 rings (SSSR count). The van der Waals surface area contributed by atoms with E-state index in [1.165, 1.54) is 13.2 Å². The van der Waals surface area contributed by atoms with Gasteiger partial charge in [-0.1, -0.05) is 15.9 Å². The minimum absolute atomic E-state index is 0.151. The van der Waals surface area contributed by atoms with Crippen molar-refractivity contribution in [2.75, 3.05) is 7.11 Å². The van der Waals surface area contributed by atoms with Crippen molar-refractivity contribution in [1.29, 1.82) is 0 Å². The maximum Gasteiger partial charge on any atom is 0.196 e. The molecule has 0 radical (unpaired) electrons. The fourth-order valence-electron chi connectivity index (χ4n) is 1.44. The Morgan fingerprint density at radius 3 is 2.56 bits per heavy atom. The molecule has 0 aliphatic heterocycles. The van der Waals surface area contributed by atoms with Crippen LogP contribution < -0.4 is 10.5 Å². The van der Waals surface area contributed by atoms with Crippen LogP contribution >= 0.6 is 15.9 Å². The summed E-state index contributed by atoms with van der Waals surface area (Å²) in [7, 11) is 1.31. The van der Waals surface area contributed by atoms with Gasteiger partial charge in [0.2, 0.25) is 0 Å². The third-order valence-electron chi connectivity index (χ3n) is 2.09. The van der Waals surface area contributed by atoms with E-state index in [1.807, 2.05) is 0 Å². The molecule has 0 unspecified atom stereocenters. The first-order chi connectivity index (χ1) is 7.26. The highest BCUT2D eigenvalue weighted by Gasteiger charge is 2.22. The van der Waals surface area contributed by atoms with Gasteiger partial charge in [0, 0.05) is 15.6 Å². The Kier molecular flexibility index (Phi) is 3.80. The largest absolute Gasteiger partial charge is 0.504 e. The summed E-state index contributed by atoms with van der Waals surface area (Å²) in [6.45, 7) is 3.61. The molecule has 1 aromatic rings. The average molecular weight is 292 g/mol. The maximum atomic E-state index is 14.0. The van der Waals surface area contributed by atoms with Crippen molar-refractivity contribution in [3.63, 3.8) is 0 Å². The number of nitrogens with two attached hydrogens (primary N) is 1. The number of halogens is 2. The molecule has 0 spiro atoms. The van der Waals surface area contributed by atoms with E-state index in [4.69, 9.17) is 10.5 Å². The van der Waals surface area contributed by atoms with Crippen molar-refractivity contribution in [3.8, 4) is 11.5 Å². The van der Waals surface area contributed by atoms with Crippen LogP contribution in [0.4, 0.5) is 4.39 Å². The van der Waals surface area contributed by atoms with E-state index < -0.39 is 11.4 Å². The number of rotatable bonds is 3. The number of hydrogen-bond donors (Lipinski definition) is 2. The fourth-order valence-corrected chi connectivity index (χ4v) is 1.97. The van der Waals surface area contributed by atoms with Gasteiger partial charge in [-0.15, -0.1) is 0 Å². The second-order valence-corrected chi connectivity index (χ2v) is 5.22. The van der Waals surface area contributed by atoms with E-state index >= 15 is 0 Å². The topological polar surface area (TPSA) is 55.5 Å². The van der Waals surface area contributed by atoms with Crippen LogP contribution in [0, 0.1) is 5.82 Å². The van der Waals surface area contributed by atoms with Crippen molar-refractivity contribution < 1.29 is 14.2 Å². The van der Waals surface area contributed by atoms with Crippen LogP contribution in [-0.4, -0.2) is 17.8 Å². The Morgan fingerprint density at radius 2 is 2.12 bits per heavy atom. The molecule has 1 aromatic carbocycles. The van der Waals surface area contributed by atoms with Crippen molar-refractivity contribution in [3.05, 3.63) is 21.9 Å². The molecule has 0 fully saturated rings. The molecule has 0 amide bonds.